The molecular weight excluding hydrogens is 376 g/mol. The third kappa shape index (κ3) is 4.28. The lowest BCUT2D eigenvalue weighted by Gasteiger charge is -2.13. The summed E-state index contributed by atoms with van der Waals surface area (Å²) in [5.74, 6) is 0. The normalized spacial score (nSPS) is 14.8. The van der Waals surface area contributed by atoms with E-state index in [-0.39, 0.29) is 0 Å². The van der Waals surface area contributed by atoms with Crippen molar-refractivity contribution in [1.82, 2.24) is 4.98 Å². The Kier molecular flexibility index (Phi) is 5.35. The van der Waals surface area contributed by atoms with Crippen LogP contribution in [0.15, 0.2) is 56.3 Å². The van der Waals surface area contributed by atoms with Gasteiger partial charge in [-0.2, -0.15) is 0 Å². The fraction of sp³-hybridized carbons (Fsp3) is 0.316. The molecule has 1 saturated heterocycles. The van der Waals surface area contributed by atoms with Gasteiger partial charge in [0.25, 0.3) is 0 Å². The monoisotopic (exact) mass is 396 g/mol. The number of anilines is 1. The SMILES string of the molecule is Cc1cc(/N=N/c2nccs2)c(C)cc1/N=N/c1ccc(N2CCCC2)s1. The molecule has 0 bridgehead atoms. The van der Waals surface area contributed by atoms with Crippen molar-refractivity contribution in [2.45, 2.75) is 26.7 Å². The molecule has 27 heavy (non-hydrogen) atoms. The first kappa shape index (κ1) is 17.9. The average molecular weight is 397 g/mol. The molecule has 0 aliphatic carbocycles. The molecule has 0 unspecified atom stereocenters. The summed E-state index contributed by atoms with van der Waals surface area (Å²) in [6.45, 7) is 6.31. The molecule has 0 N–H and O–H groups in total. The highest BCUT2D eigenvalue weighted by Crippen LogP contribution is 2.36. The molecule has 138 valence electrons. The molecule has 1 fully saturated rings. The highest BCUT2D eigenvalue weighted by atomic mass is 32.1. The third-order valence-corrected chi connectivity index (χ3v) is 6.11. The van der Waals surface area contributed by atoms with Crippen molar-refractivity contribution in [2.24, 2.45) is 20.5 Å². The second-order valence-electron chi connectivity index (χ2n) is 6.45. The number of hydrogen-bond acceptors (Lipinski definition) is 8. The van der Waals surface area contributed by atoms with Gasteiger partial charge in [-0.15, -0.1) is 31.8 Å². The molecule has 0 spiro atoms. The largest absolute Gasteiger partial charge is 0.363 e. The molecule has 1 aromatic carbocycles. The predicted octanol–water partition coefficient (Wildman–Crippen LogP) is 7.25. The van der Waals surface area contributed by atoms with Gasteiger partial charge in [0.05, 0.1) is 16.4 Å². The van der Waals surface area contributed by atoms with Crippen LogP contribution in [-0.4, -0.2) is 18.1 Å². The van der Waals surface area contributed by atoms with Crippen molar-refractivity contribution >= 4 is 49.2 Å². The number of azo groups is 2. The van der Waals surface area contributed by atoms with Gasteiger partial charge in [0.1, 0.15) is 5.00 Å². The van der Waals surface area contributed by atoms with Crippen LogP contribution in [0.2, 0.25) is 0 Å². The second-order valence-corrected chi connectivity index (χ2v) is 8.36. The van der Waals surface area contributed by atoms with E-state index in [0.29, 0.717) is 5.13 Å². The Morgan fingerprint density at radius 2 is 1.63 bits per heavy atom. The molecule has 1 aliphatic rings. The zero-order valence-corrected chi connectivity index (χ0v) is 16.9. The molecule has 4 rings (SSSR count). The zero-order valence-electron chi connectivity index (χ0n) is 15.3. The van der Waals surface area contributed by atoms with Gasteiger partial charge in [0, 0.05) is 24.7 Å². The lowest BCUT2D eigenvalue weighted by molar-refractivity contribution is 0.949. The molecule has 0 amide bonds. The van der Waals surface area contributed by atoms with Gasteiger partial charge in [-0.3, -0.25) is 0 Å². The summed E-state index contributed by atoms with van der Waals surface area (Å²) in [5.41, 5.74) is 3.72. The van der Waals surface area contributed by atoms with Crippen LogP contribution in [0.4, 0.5) is 26.5 Å². The van der Waals surface area contributed by atoms with E-state index in [4.69, 9.17) is 0 Å². The number of aryl methyl sites for hydroxylation is 2. The number of nitrogens with zero attached hydrogens (tertiary/aromatic N) is 6. The lowest BCUT2D eigenvalue weighted by atomic mass is 10.1. The maximum atomic E-state index is 4.46. The average Bonchev–Trinajstić information content (AvgIpc) is 3.42. The van der Waals surface area contributed by atoms with Crippen LogP contribution in [0.1, 0.15) is 24.0 Å². The Bertz CT molecular complexity index is 968. The molecule has 3 heterocycles. The molecular formula is C19H20N6S2. The van der Waals surface area contributed by atoms with E-state index >= 15 is 0 Å². The zero-order chi connectivity index (χ0) is 18.6. The van der Waals surface area contributed by atoms with E-state index in [1.165, 1.54) is 29.2 Å². The van der Waals surface area contributed by atoms with Gasteiger partial charge in [0.15, 0.2) is 0 Å². The smallest absolute Gasteiger partial charge is 0.229 e. The Morgan fingerprint density at radius 1 is 0.926 bits per heavy atom. The van der Waals surface area contributed by atoms with Gasteiger partial charge in [-0.1, -0.05) is 11.3 Å². The number of aromatic nitrogens is 1. The number of hydrogen-bond donors (Lipinski definition) is 0. The minimum Gasteiger partial charge on any atom is -0.363 e. The molecule has 0 radical (unpaired) electrons. The van der Waals surface area contributed by atoms with Crippen molar-refractivity contribution in [3.63, 3.8) is 0 Å². The molecule has 0 saturated carbocycles. The summed E-state index contributed by atoms with van der Waals surface area (Å²) < 4.78 is 0. The number of thiophene rings is 1. The van der Waals surface area contributed by atoms with Crippen molar-refractivity contribution in [1.29, 1.82) is 0 Å². The third-order valence-electron chi connectivity index (χ3n) is 4.43. The van der Waals surface area contributed by atoms with E-state index in [9.17, 15) is 0 Å². The first-order valence-corrected chi connectivity index (χ1v) is 10.6. The highest BCUT2D eigenvalue weighted by molar-refractivity contribution is 7.19. The van der Waals surface area contributed by atoms with Gasteiger partial charge in [0.2, 0.25) is 5.13 Å². The predicted molar refractivity (Wildman–Crippen MR) is 112 cm³/mol. The van der Waals surface area contributed by atoms with E-state index < -0.39 is 0 Å². The standard InChI is InChI=1S/C19H20N6S2/c1-13-12-16(22-24-19-20-7-10-26-19)14(2)11-15(13)21-23-17-5-6-18(27-17)25-8-3-4-9-25/h5-7,10-12H,3-4,8-9H2,1-2H3/b23-21+,24-22+. The summed E-state index contributed by atoms with van der Waals surface area (Å²) in [6.07, 6.45) is 4.28. The van der Waals surface area contributed by atoms with Crippen LogP contribution in [0.3, 0.4) is 0 Å². The summed E-state index contributed by atoms with van der Waals surface area (Å²) in [6, 6.07) is 8.18. The highest BCUT2D eigenvalue weighted by Gasteiger charge is 2.14. The van der Waals surface area contributed by atoms with E-state index in [0.717, 1.165) is 40.6 Å². The van der Waals surface area contributed by atoms with Crippen LogP contribution >= 0.6 is 22.7 Å². The number of benzene rings is 1. The molecule has 0 atom stereocenters. The first-order chi connectivity index (χ1) is 13.2. The minimum atomic E-state index is 0.655. The summed E-state index contributed by atoms with van der Waals surface area (Å²) in [5, 5.41) is 22.2. The van der Waals surface area contributed by atoms with Crippen molar-refractivity contribution in [2.75, 3.05) is 18.0 Å². The molecule has 8 heteroatoms. The van der Waals surface area contributed by atoms with Gasteiger partial charge < -0.3 is 4.90 Å². The molecule has 3 aromatic rings. The van der Waals surface area contributed by atoms with E-state index in [1.54, 1.807) is 17.5 Å². The van der Waals surface area contributed by atoms with E-state index in [2.05, 4.69) is 36.4 Å². The molecule has 6 nitrogen and oxygen atoms in total. The lowest BCUT2D eigenvalue weighted by Crippen LogP contribution is -2.15. The van der Waals surface area contributed by atoms with Gasteiger partial charge in [-0.25, -0.2) is 4.98 Å². The number of thiazole rings is 1. The Balaban J connectivity index is 1.50. The quantitative estimate of drug-likeness (QED) is 0.426. The van der Waals surface area contributed by atoms with Crippen LogP contribution in [0.5, 0.6) is 0 Å². The minimum absolute atomic E-state index is 0.655. The fourth-order valence-corrected chi connectivity index (χ4v) is 4.28. The molecule has 1 aliphatic heterocycles. The van der Waals surface area contributed by atoms with Crippen LogP contribution in [0, 0.1) is 13.8 Å². The van der Waals surface area contributed by atoms with Gasteiger partial charge >= 0.3 is 0 Å². The van der Waals surface area contributed by atoms with E-state index in [1.807, 2.05) is 37.4 Å². The Morgan fingerprint density at radius 3 is 2.30 bits per heavy atom. The van der Waals surface area contributed by atoms with Crippen molar-refractivity contribution < 1.29 is 0 Å². The Hall–Kier alpha value is -2.45. The summed E-state index contributed by atoms with van der Waals surface area (Å²) in [4.78, 5) is 6.53. The maximum Gasteiger partial charge on any atom is 0.229 e. The van der Waals surface area contributed by atoms with Crippen LogP contribution in [0.25, 0.3) is 0 Å². The first-order valence-electron chi connectivity index (χ1n) is 8.88. The number of rotatable bonds is 5. The van der Waals surface area contributed by atoms with Crippen molar-refractivity contribution in [3.05, 3.63) is 47.0 Å². The summed E-state index contributed by atoms with van der Waals surface area (Å²) >= 11 is 3.16. The fourth-order valence-electron chi connectivity index (χ4n) is 2.95. The Labute approximate surface area is 166 Å². The summed E-state index contributed by atoms with van der Waals surface area (Å²) in [7, 11) is 0. The van der Waals surface area contributed by atoms with Crippen LogP contribution in [-0.2, 0) is 0 Å². The topological polar surface area (TPSA) is 65.6 Å². The van der Waals surface area contributed by atoms with Crippen LogP contribution < -0.4 is 4.90 Å². The van der Waals surface area contributed by atoms with Crippen molar-refractivity contribution in [3.8, 4) is 0 Å². The second kappa shape index (κ2) is 8.06. The maximum absolute atomic E-state index is 4.46. The van der Waals surface area contributed by atoms with Gasteiger partial charge in [-0.05, 0) is 62.1 Å². The molecule has 2 aromatic heterocycles.